The summed E-state index contributed by atoms with van der Waals surface area (Å²) in [7, 11) is 1.01. The second-order valence-electron chi connectivity index (χ2n) is 16.8. The highest BCUT2D eigenvalue weighted by Crippen LogP contribution is 2.17. The van der Waals surface area contributed by atoms with E-state index in [-0.39, 0.29) is 31.2 Å². The average molecular weight is 744 g/mol. The molecule has 0 aliphatic carbocycles. The van der Waals surface area contributed by atoms with Gasteiger partial charge in [0, 0.05) is 54.8 Å². The molecule has 5 rings (SSSR count). The zero-order valence-corrected chi connectivity index (χ0v) is 34.7. The predicted octanol–water partition coefficient (Wildman–Crippen LogP) is 5.88. The summed E-state index contributed by atoms with van der Waals surface area (Å²) in [6.45, 7) is 36.8. The van der Waals surface area contributed by atoms with Crippen LogP contribution in [0.4, 0.5) is 0 Å². The van der Waals surface area contributed by atoms with E-state index in [0.29, 0.717) is 6.42 Å². The van der Waals surface area contributed by atoms with Gasteiger partial charge < -0.3 is 9.47 Å². The number of nitrogens with one attached hydrogen (secondary N) is 3. The Kier molecular flexibility index (Phi) is 21.6. The summed E-state index contributed by atoms with van der Waals surface area (Å²) in [4.78, 5) is 13.2. The Balaban J connectivity index is 0. The minimum absolute atomic E-state index is 0. The van der Waals surface area contributed by atoms with E-state index in [0.717, 1.165) is 34.5 Å². The van der Waals surface area contributed by atoms with Crippen LogP contribution >= 0.6 is 0 Å². The summed E-state index contributed by atoms with van der Waals surface area (Å²) >= 11 is 0. The van der Waals surface area contributed by atoms with Gasteiger partial charge in [-0.3, -0.25) is 10.00 Å². The summed E-state index contributed by atoms with van der Waals surface area (Å²) in [6, 6.07) is 2.80. The fourth-order valence-corrected chi connectivity index (χ4v) is 4.80. The van der Waals surface area contributed by atoms with Gasteiger partial charge in [0.15, 0.2) is 11.6 Å². The Hall–Kier alpha value is -3.81. The lowest BCUT2D eigenvalue weighted by molar-refractivity contribution is 0.126. The zero-order chi connectivity index (χ0) is 38.3. The highest BCUT2D eigenvalue weighted by atomic mass is 28.3. The molecule has 52 heavy (non-hydrogen) atoms. The number of tetrazole rings is 1. The molecule has 1 aliphatic rings. The number of likely N-dealkylation sites (N-methyl/N-ethyl adjacent to an activating group) is 1. The standard InChI is InChI=1S/C9H13N3.C8H18N2.C7H13N3.C5H10N4.C5H11N3Si.2CH4/c1-9(2,3)12-6-8(4-5-10)11-7-12;1-8(2)10-6-4-9(3)5-7-10;1-5-8-6(10-9-5)7(2,3)4;1-5(2,3)4-6-8-9-7-4;1-9(2,3)5-4-6-8-7-5;;/h6-7H,4H2,1-3H3;8H,4-7H2,1-3H3;1-4H3,(H,8,9,10);1-3H3,(H,6,7,8,9);4H,1-3H3,(H,6,7,8);2*1H4. The molecule has 3 N–H and O–H groups in total. The summed E-state index contributed by atoms with van der Waals surface area (Å²) in [5.74, 6) is 2.51. The van der Waals surface area contributed by atoms with E-state index < -0.39 is 8.07 Å². The lowest BCUT2D eigenvalue weighted by atomic mass is 9.96. The van der Waals surface area contributed by atoms with Crippen LogP contribution in [0.3, 0.4) is 0 Å². The van der Waals surface area contributed by atoms with Crippen molar-refractivity contribution in [2.75, 3.05) is 33.2 Å². The van der Waals surface area contributed by atoms with Gasteiger partial charge in [0.25, 0.3) is 0 Å². The van der Waals surface area contributed by atoms with Crippen molar-refractivity contribution in [3.05, 3.63) is 41.9 Å². The van der Waals surface area contributed by atoms with Gasteiger partial charge in [-0.25, -0.2) is 9.97 Å². The molecule has 1 fully saturated rings. The minimum atomic E-state index is -1.19. The number of nitriles is 1. The van der Waals surface area contributed by atoms with Crippen molar-refractivity contribution in [3.63, 3.8) is 0 Å². The Labute approximate surface area is 316 Å². The van der Waals surface area contributed by atoms with Crippen molar-refractivity contribution in [2.45, 2.75) is 146 Å². The highest BCUT2D eigenvalue weighted by molar-refractivity contribution is 6.88. The quantitative estimate of drug-likeness (QED) is 0.213. The normalized spacial score (nSPS) is 13.6. The number of nitrogens with zero attached hydrogens (tertiary/aromatic N) is 12. The van der Waals surface area contributed by atoms with Crippen molar-refractivity contribution < 1.29 is 0 Å². The van der Waals surface area contributed by atoms with Gasteiger partial charge >= 0.3 is 0 Å². The van der Waals surface area contributed by atoms with Crippen LogP contribution in [-0.2, 0) is 22.8 Å². The molecule has 296 valence electrons. The molecule has 0 aromatic carbocycles. The van der Waals surface area contributed by atoms with Crippen LogP contribution in [0.25, 0.3) is 0 Å². The van der Waals surface area contributed by atoms with Gasteiger partial charge in [-0.15, -0.1) is 10.2 Å². The molecule has 15 nitrogen and oxygen atoms in total. The minimum Gasteiger partial charge on any atom is -0.332 e. The number of hydrogen-bond donors (Lipinski definition) is 3. The second-order valence-corrected chi connectivity index (χ2v) is 21.8. The maximum atomic E-state index is 8.43. The third-order valence-corrected chi connectivity index (χ3v) is 9.18. The first kappa shape index (κ1) is 50.3. The van der Waals surface area contributed by atoms with Crippen molar-refractivity contribution >= 4 is 13.4 Å². The van der Waals surface area contributed by atoms with E-state index in [1.165, 1.54) is 26.2 Å². The van der Waals surface area contributed by atoms with Crippen LogP contribution in [0.5, 0.6) is 0 Å². The van der Waals surface area contributed by atoms with E-state index in [4.69, 9.17) is 5.26 Å². The Bertz CT molecular complexity index is 1440. The van der Waals surface area contributed by atoms with E-state index in [1.54, 1.807) is 6.33 Å². The molecule has 0 unspecified atom stereocenters. The Morgan fingerprint density at radius 3 is 1.73 bits per heavy atom. The van der Waals surface area contributed by atoms with E-state index in [9.17, 15) is 0 Å². The van der Waals surface area contributed by atoms with Gasteiger partial charge in [-0.2, -0.15) is 31.0 Å². The summed E-state index contributed by atoms with van der Waals surface area (Å²) in [5, 5.41) is 40.3. The second kappa shape index (κ2) is 22.3. The maximum absolute atomic E-state index is 8.43. The van der Waals surface area contributed by atoms with Gasteiger partial charge in [-0.05, 0) is 48.6 Å². The molecular weight excluding hydrogens is 671 g/mol. The van der Waals surface area contributed by atoms with Crippen molar-refractivity contribution in [1.82, 2.24) is 70.6 Å². The zero-order valence-electron chi connectivity index (χ0n) is 33.7. The molecular formula is C36H73N15Si. The Morgan fingerprint density at radius 1 is 0.865 bits per heavy atom. The lowest BCUT2D eigenvalue weighted by Crippen LogP contribution is -2.47. The molecule has 0 saturated carbocycles. The van der Waals surface area contributed by atoms with E-state index in [2.05, 4.69) is 154 Å². The molecule has 1 saturated heterocycles. The number of hydrogen-bond acceptors (Lipinski definition) is 11. The van der Waals surface area contributed by atoms with Gasteiger partial charge in [-0.1, -0.05) is 81.3 Å². The summed E-state index contributed by atoms with van der Waals surface area (Å²) < 4.78 is 2.01. The smallest absolute Gasteiger partial charge is 0.179 e. The van der Waals surface area contributed by atoms with Crippen LogP contribution in [0.1, 0.15) is 114 Å². The molecule has 5 heterocycles. The molecule has 4 aromatic rings. The first-order valence-corrected chi connectivity index (χ1v) is 20.8. The van der Waals surface area contributed by atoms with Crippen LogP contribution < -0.4 is 5.32 Å². The number of aromatic amines is 3. The first-order valence-electron chi connectivity index (χ1n) is 17.3. The number of aromatic nitrogens is 12. The van der Waals surface area contributed by atoms with Gasteiger partial charge in [0.05, 0.1) is 36.0 Å². The third kappa shape index (κ3) is 19.7. The van der Waals surface area contributed by atoms with E-state index in [1.807, 2.05) is 44.7 Å². The number of aryl methyl sites for hydroxylation is 1. The number of piperazine rings is 1. The largest absolute Gasteiger partial charge is 0.332 e. The first-order chi connectivity index (χ1) is 22.9. The number of H-pyrrole nitrogens is 3. The SMILES string of the molecule is C.C.CC(C)(C)c1nn[nH]n1.CC(C)(C)n1cnc(CC#N)c1.CC(C)N1CCN(C)CC1.C[Si](C)(C)c1cn[nH]n1.Cc1nc(C(C)(C)C)n[nH]1. The molecule has 0 bridgehead atoms. The Morgan fingerprint density at radius 2 is 1.44 bits per heavy atom. The van der Waals surface area contributed by atoms with Crippen molar-refractivity contribution in [3.8, 4) is 6.07 Å². The van der Waals surface area contributed by atoms with Crippen LogP contribution in [0.15, 0.2) is 18.7 Å². The molecule has 0 spiro atoms. The average Bonchev–Trinajstić information content (AvgIpc) is 3.81. The monoisotopic (exact) mass is 744 g/mol. The lowest BCUT2D eigenvalue weighted by Gasteiger charge is -2.34. The number of rotatable bonds is 3. The van der Waals surface area contributed by atoms with E-state index >= 15 is 0 Å². The fraction of sp³-hybridized carbons (Fsp3) is 0.750. The predicted molar refractivity (Wildman–Crippen MR) is 216 cm³/mol. The molecule has 0 amide bonds. The molecule has 16 heteroatoms. The highest BCUT2D eigenvalue weighted by Gasteiger charge is 2.20. The molecule has 0 radical (unpaired) electrons. The fourth-order valence-electron chi connectivity index (χ4n) is 3.96. The molecule has 0 atom stereocenters. The maximum Gasteiger partial charge on any atom is 0.179 e. The van der Waals surface area contributed by atoms with Crippen LogP contribution in [-0.4, -0.2) is 118 Å². The van der Waals surface area contributed by atoms with Crippen molar-refractivity contribution in [2.24, 2.45) is 0 Å². The van der Waals surface area contributed by atoms with Crippen molar-refractivity contribution in [1.29, 1.82) is 5.26 Å². The topological polar surface area (TPSA) is 186 Å². The molecule has 1 aliphatic heterocycles. The van der Waals surface area contributed by atoms with Gasteiger partial charge in [0.1, 0.15) is 13.9 Å². The summed E-state index contributed by atoms with van der Waals surface area (Å²) in [5.41, 5.74) is 0.964. The third-order valence-electron chi connectivity index (χ3n) is 7.41. The summed E-state index contributed by atoms with van der Waals surface area (Å²) in [6.07, 6.45) is 5.89. The van der Waals surface area contributed by atoms with Crippen LogP contribution in [0.2, 0.25) is 19.6 Å². The molecule has 4 aromatic heterocycles. The van der Waals surface area contributed by atoms with Gasteiger partial charge in [0.2, 0.25) is 0 Å². The number of imidazole rings is 1. The van der Waals surface area contributed by atoms with Crippen LogP contribution in [0, 0.1) is 18.3 Å².